The van der Waals surface area contributed by atoms with Crippen molar-refractivity contribution in [1.82, 2.24) is 0 Å². The van der Waals surface area contributed by atoms with Gasteiger partial charge < -0.3 is 14.9 Å². The minimum atomic E-state index is -1.05. The standard InChI is InChI=1S/C20H16O4/c21-16-11-12-17(24-13-18(22)23)20(15-9-5-2-6-10-15)19(16)14-7-3-1-4-8-14/h1-12,21H,13H2,(H,22,23). The number of carboxylic acids is 1. The molecule has 0 aliphatic carbocycles. The van der Waals surface area contributed by atoms with Gasteiger partial charge in [-0.1, -0.05) is 60.7 Å². The highest BCUT2D eigenvalue weighted by molar-refractivity contribution is 5.91. The molecular weight excluding hydrogens is 304 g/mol. The first-order chi connectivity index (χ1) is 11.7. The van der Waals surface area contributed by atoms with Gasteiger partial charge in [-0.25, -0.2) is 4.79 Å². The average molecular weight is 320 g/mol. The smallest absolute Gasteiger partial charge is 0.341 e. The predicted molar refractivity (Wildman–Crippen MR) is 92.1 cm³/mol. The van der Waals surface area contributed by atoms with Crippen molar-refractivity contribution in [3.63, 3.8) is 0 Å². The van der Waals surface area contributed by atoms with Crippen LogP contribution in [0.4, 0.5) is 0 Å². The van der Waals surface area contributed by atoms with Crippen LogP contribution in [-0.4, -0.2) is 22.8 Å². The maximum atomic E-state index is 10.9. The second kappa shape index (κ2) is 6.87. The molecule has 0 heterocycles. The molecule has 0 unspecified atom stereocenters. The van der Waals surface area contributed by atoms with Gasteiger partial charge in [0.25, 0.3) is 0 Å². The Morgan fingerprint density at radius 2 is 1.33 bits per heavy atom. The van der Waals surface area contributed by atoms with Crippen LogP contribution in [0, 0.1) is 0 Å². The highest BCUT2D eigenvalue weighted by Gasteiger charge is 2.18. The largest absolute Gasteiger partial charge is 0.507 e. The molecule has 2 N–H and O–H groups in total. The Balaban J connectivity index is 2.23. The second-order valence-corrected chi connectivity index (χ2v) is 5.25. The van der Waals surface area contributed by atoms with Gasteiger partial charge in [-0.05, 0) is 23.3 Å². The number of carboxylic acid groups (broad SMARTS) is 1. The van der Waals surface area contributed by atoms with E-state index in [1.165, 1.54) is 6.07 Å². The van der Waals surface area contributed by atoms with Crippen LogP contribution in [0.1, 0.15) is 0 Å². The molecule has 0 saturated heterocycles. The molecular formula is C20H16O4. The van der Waals surface area contributed by atoms with Gasteiger partial charge in [0, 0.05) is 11.1 Å². The fourth-order valence-electron chi connectivity index (χ4n) is 2.62. The van der Waals surface area contributed by atoms with Gasteiger partial charge in [0.2, 0.25) is 0 Å². The third-order valence-corrected chi connectivity index (χ3v) is 3.62. The Hall–Kier alpha value is -3.27. The summed E-state index contributed by atoms with van der Waals surface area (Å²) in [6.45, 7) is -0.446. The van der Waals surface area contributed by atoms with E-state index in [1.807, 2.05) is 60.7 Å². The molecule has 3 rings (SSSR count). The summed E-state index contributed by atoms with van der Waals surface area (Å²) in [7, 11) is 0. The van der Waals surface area contributed by atoms with Crippen LogP contribution >= 0.6 is 0 Å². The lowest BCUT2D eigenvalue weighted by Gasteiger charge is -2.17. The lowest BCUT2D eigenvalue weighted by molar-refractivity contribution is -0.139. The van der Waals surface area contributed by atoms with Crippen molar-refractivity contribution in [1.29, 1.82) is 0 Å². The van der Waals surface area contributed by atoms with Crippen molar-refractivity contribution in [2.75, 3.05) is 6.61 Å². The molecule has 3 aromatic carbocycles. The van der Waals surface area contributed by atoms with Crippen LogP contribution < -0.4 is 4.74 Å². The van der Waals surface area contributed by atoms with E-state index >= 15 is 0 Å². The number of phenolic OH excluding ortho intramolecular Hbond substituents is 1. The number of rotatable bonds is 5. The maximum absolute atomic E-state index is 10.9. The molecule has 0 saturated carbocycles. The number of benzene rings is 3. The Labute approximate surface area is 139 Å². The molecule has 0 amide bonds. The van der Waals surface area contributed by atoms with E-state index in [9.17, 15) is 9.90 Å². The molecule has 4 nitrogen and oxygen atoms in total. The Bertz CT molecular complexity index is 842. The number of aliphatic carboxylic acids is 1. The number of ether oxygens (including phenoxy) is 1. The van der Waals surface area contributed by atoms with Crippen LogP contribution in [0.3, 0.4) is 0 Å². The molecule has 0 atom stereocenters. The molecule has 120 valence electrons. The topological polar surface area (TPSA) is 66.8 Å². The normalized spacial score (nSPS) is 10.3. The third-order valence-electron chi connectivity index (χ3n) is 3.62. The first-order valence-electron chi connectivity index (χ1n) is 7.48. The summed E-state index contributed by atoms with van der Waals surface area (Å²) in [6, 6.07) is 22.0. The van der Waals surface area contributed by atoms with Gasteiger partial charge in [-0.2, -0.15) is 0 Å². The van der Waals surface area contributed by atoms with Crippen molar-refractivity contribution < 1.29 is 19.7 Å². The van der Waals surface area contributed by atoms with Gasteiger partial charge in [-0.15, -0.1) is 0 Å². The molecule has 0 bridgehead atoms. The van der Waals surface area contributed by atoms with Gasteiger partial charge in [0.1, 0.15) is 11.5 Å². The van der Waals surface area contributed by atoms with Gasteiger partial charge in [-0.3, -0.25) is 0 Å². The highest BCUT2D eigenvalue weighted by atomic mass is 16.5. The SMILES string of the molecule is O=C(O)COc1ccc(O)c(-c2ccccc2)c1-c1ccccc1. The maximum Gasteiger partial charge on any atom is 0.341 e. The fraction of sp³-hybridized carbons (Fsp3) is 0.0500. The number of aromatic hydroxyl groups is 1. The van der Waals surface area contributed by atoms with E-state index in [0.29, 0.717) is 16.9 Å². The van der Waals surface area contributed by atoms with Gasteiger partial charge >= 0.3 is 5.97 Å². The van der Waals surface area contributed by atoms with E-state index < -0.39 is 12.6 Å². The van der Waals surface area contributed by atoms with Crippen LogP contribution in [0.15, 0.2) is 72.8 Å². The molecule has 0 fully saturated rings. The minimum absolute atomic E-state index is 0.114. The van der Waals surface area contributed by atoms with Crippen LogP contribution in [0.2, 0.25) is 0 Å². The van der Waals surface area contributed by atoms with E-state index in [2.05, 4.69) is 0 Å². The monoisotopic (exact) mass is 320 g/mol. The van der Waals surface area contributed by atoms with E-state index in [0.717, 1.165) is 11.1 Å². The quantitative estimate of drug-likeness (QED) is 0.740. The number of hydrogen-bond acceptors (Lipinski definition) is 3. The van der Waals surface area contributed by atoms with Crippen LogP contribution in [-0.2, 0) is 4.79 Å². The van der Waals surface area contributed by atoms with E-state index in [-0.39, 0.29) is 5.75 Å². The summed E-state index contributed by atoms with van der Waals surface area (Å²) in [5, 5.41) is 19.3. The number of phenols is 1. The van der Waals surface area contributed by atoms with Crippen molar-refractivity contribution >= 4 is 5.97 Å². The van der Waals surface area contributed by atoms with Crippen molar-refractivity contribution in [3.8, 4) is 33.8 Å². The summed E-state index contributed by atoms with van der Waals surface area (Å²) in [5.74, 6) is -0.522. The van der Waals surface area contributed by atoms with Gasteiger partial charge in [0.05, 0.1) is 0 Å². The summed E-state index contributed by atoms with van der Waals surface area (Å²) in [4.78, 5) is 10.9. The van der Waals surface area contributed by atoms with Crippen LogP contribution in [0.5, 0.6) is 11.5 Å². The Kier molecular flexibility index (Phi) is 4.47. The van der Waals surface area contributed by atoms with E-state index in [4.69, 9.17) is 9.84 Å². The molecule has 3 aromatic rings. The molecule has 0 aromatic heterocycles. The van der Waals surface area contributed by atoms with E-state index in [1.54, 1.807) is 6.07 Å². The zero-order chi connectivity index (χ0) is 16.9. The molecule has 0 aliphatic heterocycles. The lowest BCUT2D eigenvalue weighted by Crippen LogP contribution is -2.10. The predicted octanol–water partition coefficient (Wildman–Crippen LogP) is 4.19. The highest BCUT2D eigenvalue weighted by Crippen LogP contribution is 2.44. The number of hydrogen-bond donors (Lipinski definition) is 2. The summed E-state index contributed by atoms with van der Waals surface area (Å²) in [5.41, 5.74) is 2.95. The first-order valence-corrected chi connectivity index (χ1v) is 7.48. The average Bonchev–Trinajstić information content (AvgIpc) is 2.61. The lowest BCUT2D eigenvalue weighted by atomic mass is 9.93. The third kappa shape index (κ3) is 3.22. The molecule has 0 radical (unpaired) electrons. The fourth-order valence-corrected chi connectivity index (χ4v) is 2.62. The van der Waals surface area contributed by atoms with Crippen molar-refractivity contribution in [3.05, 3.63) is 72.8 Å². The zero-order valence-corrected chi connectivity index (χ0v) is 12.8. The van der Waals surface area contributed by atoms with Crippen molar-refractivity contribution in [2.24, 2.45) is 0 Å². The van der Waals surface area contributed by atoms with Crippen LogP contribution in [0.25, 0.3) is 22.3 Å². The molecule has 0 aliphatic rings. The minimum Gasteiger partial charge on any atom is -0.507 e. The Morgan fingerprint density at radius 3 is 1.88 bits per heavy atom. The molecule has 4 heteroatoms. The molecule has 24 heavy (non-hydrogen) atoms. The first kappa shape index (κ1) is 15.6. The Morgan fingerprint density at radius 1 is 0.792 bits per heavy atom. The second-order valence-electron chi connectivity index (χ2n) is 5.25. The summed E-state index contributed by atoms with van der Waals surface area (Å²) < 4.78 is 5.46. The van der Waals surface area contributed by atoms with Crippen molar-refractivity contribution in [2.45, 2.75) is 0 Å². The summed E-state index contributed by atoms with van der Waals surface area (Å²) in [6.07, 6.45) is 0. The summed E-state index contributed by atoms with van der Waals surface area (Å²) >= 11 is 0. The zero-order valence-electron chi connectivity index (χ0n) is 12.8. The van der Waals surface area contributed by atoms with Gasteiger partial charge in [0.15, 0.2) is 6.61 Å². The number of carbonyl (C=O) groups is 1. The molecule has 0 spiro atoms.